The van der Waals surface area contributed by atoms with Crippen LogP contribution in [0.25, 0.3) is 0 Å². The average Bonchev–Trinajstić information content (AvgIpc) is 3.29. The molecule has 140 valence electrons. The fraction of sp³-hybridized carbons (Fsp3) is 0.263. The molecule has 0 saturated carbocycles. The molecule has 0 aliphatic carbocycles. The van der Waals surface area contributed by atoms with Crippen molar-refractivity contribution in [2.75, 3.05) is 6.61 Å². The molecule has 0 radical (unpaired) electrons. The fourth-order valence-electron chi connectivity index (χ4n) is 2.96. The molecular weight excluding hydrogens is 389 g/mol. The molecule has 1 aliphatic heterocycles. The molecule has 3 aromatic rings. The van der Waals surface area contributed by atoms with Crippen LogP contribution >= 0.6 is 23.2 Å². The minimum Gasteiger partial charge on any atom is -0.456 e. The Hall–Kier alpha value is -2.12. The summed E-state index contributed by atoms with van der Waals surface area (Å²) in [7, 11) is 0. The summed E-state index contributed by atoms with van der Waals surface area (Å²) in [6, 6.07) is 12.6. The highest BCUT2D eigenvalue weighted by molar-refractivity contribution is 6.35. The Morgan fingerprint density at radius 1 is 1.22 bits per heavy atom. The van der Waals surface area contributed by atoms with E-state index < -0.39 is 5.79 Å². The number of hydrogen-bond acceptors (Lipinski definition) is 5. The van der Waals surface area contributed by atoms with Gasteiger partial charge in [-0.1, -0.05) is 23.2 Å². The Kier molecular flexibility index (Phi) is 5.06. The monoisotopic (exact) mass is 405 g/mol. The molecule has 2 atom stereocenters. The molecule has 1 fully saturated rings. The summed E-state index contributed by atoms with van der Waals surface area (Å²) in [5.41, 5.74) is 0.872. The standard InChI is InChI=1S/C19H17Cl2N3O3/c1-13-9-25-19(27-13,10-24-12-22-11-23-24)14-2-5-16(6-3-14)26-18-7-4-15(20)8-17(18)21/h2-8,11-13H,9-10H2,1H3/t13-,19+/m0/s1. The summed E-state index contributed by atoms with van der Waals surface area (Å²) < 4.78 is 19.7. The van der Waals surface area contributed by atoms with E-state index in [2.05, 4.69) is 10.1 Å². The van der Waals surface area contributed by atoms with Crippen molar-refractivity contribution in [3.8, 4) is 11.5 Å². The predicted molar refractivity (Wildman–Crippen MR) is 101 cm³/mol. The third-order valence-electron chi connectivity index (χ3n) is 4.20. The van der Waals surface area contributed by atoms with Gasteiger partial charge < -0.3 is 14.2 Å². The van der Waals surface area contributed by atoms with Crippen molar-refractivity contribution in [2.24, 2.45) is 0 Å². The summed E-state index contributed by atoms with van der Waals surface area (Å²) in [5, 5.41) is 5.17. The number of ether oxygens (including phenoxy) is 3. The van der Waals surface area contributed by atoms with Crippen LogP contribution < -0.4 is 4.74 Å². The van der Waals surface area contributed by atoms with Gasteiger partial charge in [0, 0.05) is 10.6 Å². The zero-order valence-electron chi connectivity index (χ0n) is 14.5. The molecule has 8 heteroatoms. The Bertz CT molecular complexity index is 918. The van der Waals surface area contributed by atoms with Gasteiger partial charge in [0.1, 0.15) is 30.7 Å². The molecule has 6 nitrogen and oxygen atoms in total. The highest BCUT2D eigenvalue weighted by Crippen LogP contribution is 2.37. The van der Waals surface area contributed by atoms with E-state index in [-0.39, 0.29) is 6.10 Å². The molecule has 2 aromatic carbocycles. The van der Waals surface area contributed by atoms with Crippen molar-refractivity contribution in [3.05, 3.63) is 70.7 Å². The maximum absolute atomic E-state index is 6.17. The van der Waals surface area contributed by atoms with Crippen molar-refractivity contribution in [3.63, 3.8) is 0 Å². The van der Waals surface area contributed by atoms with Gasteiger partial charge in [-0.25, -0.2) is 9.67 Å². The first-order valence-corrected chi connectivity index (χ1v) is 9.17. The smallest absolute Gasteiger partial charge is 0.215 e. The summed E-state index contributed by atoms with van der Waals surface area (Å²) in [4.78, 5) is 3.98. The molecular formula is C19H17Cl2N3O3. The van der Waals surface area contributed by atoms with Crippen molar-refractivity contribution in [1.82, 2.24) is 14.8 Å². The van der Waals surface area contributed by atoms with Crippen LogP contribution in [0.4, 0.5) is 0 Å². The van der Waals surface area contributed by atoms with E-state index in [1.165, 1.54) is 6.33 Å². The maximum atomic E-state index is 6.17. The predicted octanol–water partition coefficient (Wildman–Crippen LogP) is 4.67. The van der Waals surface area contributed by atoms with Gasteiger partial charge in [0.25, 0.3) is 0 Å². The lowest BCUT2D eigenvalue weighted by Crippen LogP contribution is -2.33. The highest BCUT2D eigenvalue weighted by atomic mass is 35.5. The number of nitrogens with zero attached hydrogens (tertiary/aromatic N) is 3. The lowest BCUT2D eigenvalue weighted by Gasteiger charge is -2.28. The lowest BCUT2D eigenvalue weighted by atomic mass is 10.1. The van der Waals surface area contributed by atoms with E-state index in [0.717, 1.165) is 5.56 Å². The zero-order valence-corrected chi connectivity index (χ0v) is 16.0. The van der Waals surface area contributed by atoms with Crippen LogP contribution in [0.2, 0.25) is 10.0 Å². The second-order valence-corrected chi connectivity index (χ2v) is 7.13. The van der Waals surface area contributed by atoms with Crippen molar-refractivity contribution < 1.29 is 14.2 Å². The molecule has 0 spiro atoms. The summed E-state index contributed by atoms with van der Waals surface area (Å²) >= 11 is 12.1. The minimum atomic E-state index is -0.913. The van der Waals surface area contributed by atoms with E-state index in [4.69, 9.17) is 37.4 Å². The van der Waals surface area contributed by atoms with Gasteiger partial charge in [0.15, 0.2) is 0 Å². The molecule has 0 unspecified atom stereocenters. The van der Waals surface area contributed by atoms with Gasteiger partial charge >= 0.3 is 0 Å². The van der Waals surface area contributed by atoms with Crippen LogP contribution in [-0.2, 0) is 21.8 Å². The van der Waals surface area contributed by atoms with Crippen LogP contribution in [-0.4, -0.2) is 27.5 Å². The second kappa shape index (κ2) is 7.48. The molecule has 1 aliphatic rings. The van der Waals surface area contributed by atoms with Gasteiger partial charge in [0.2, 0.25) is 5.79 Å². The topological polar surface area (TPSA) is 58.4 Å². The van der Waals surface area contributed by atoms with Crippen molar-refractivity contribution in [1.29, 1.82) is 0 Å². The Morgan fingerprint density at radius 3 is 2.67 bits per heavy atom. The van der Waals surface area contributed by atoms with E-state index in [1.54, 1.807) is 29.2 Å². The highest BCUT2D eigenvalue weighted by Gasteiger charge is 2.42. The Morgan fingerprint density at radius 2 is 2.04 bits per heavy atom. The summed E-state index contributed by atoms with van der Waals surface area (Å²) in [5.74, 6) is 0.266. The van der Waals surface area contributed by atoms with Gasteiger partial charge in [-0.2, -0.15) is 5.10 Å². The summed E-state index contributed by atoms with van der Waals surface area (Å²) in [6.45, 7) is 2.89. The first-order chi connectivity index (χ1) is 13.0. The van der Waals surface area contributed by atoms with Gasteiger partial charge in [-0.05, 0) is 49.4 Å². The SMILES string of the molecule is C[C@H]1CO[C@@](Cn2cncn2)(c2ccc(Oc3ccc(Cl)cc3Cl)cc2)O1. The molecule has 0 bridgehead atoms. The molecule has 1 aromatic heterocycles. The maximum Gasteiger partial charge on any atom is 0.215 e. The van der Waals surface area contributed by atoms with Crippen LogP contribution in [0.5, 0.6) is 11.5 Å². The zero-order chi connectivity index (χ0) is 18.9. The molecule has 0 amide bonds. The third kappa shape index (κ3) is 3.94. The van der Waals surface area contributed by atoms with E-state index >= 15 is 0 Å². The van der Waals surface area contributed by atoms with Crippen LogP contribution in [0, 0.1) is 0 Å². The third-order valence-corrected chi connectivity index (χ3v) is 4.73. The molecule has 4 rings (SSSR count). The van der Waals surface area contributed by atoms with Crippen LogP contribution in [0.15, 0.2) is 55.1 Å². The number of aromatic nitrogens is 3. The van der Waals surface area contributed by atoms with Crippen molar-refractivity contribution >= 4 is 23.2 Å². The number of benzene rings is 2. The van der Waals surface area contributed by atoms with Crippen LogP contribution in [0.3, 0.4) is 0 Å². The number of rotatable bonds is 5. The molecule has 0 N–H and O–H groups in total. The summed E-state index contributed by atoms with van der Waals surface area (Å²) in [6.07, 6.45) is 3.11. The minimum absolute atomic E-state index is 0.0164. The average molecular weight is 406 g/mol. The number of halogens is 2. The number of hydrogen-bond donors (Lipinski definition) is 0. The van der Waals surface area contributed by atoms with E-state index in [9.17, 15) is 0 Å². The molecule has 2 heterocycles. The van der Waals surface area contributed by atoms with Crippen molar-refractivity contribution in [2.45, 2.75) is 25.4 Å². The van der Waals surface area contributed by atoms with Crippen LogP contribution in [0.1, 0.15) is 12.5 Å². The van der Waals surface area contributed by atoms with E-state index in [1.807, 2.05) is 31.2 Å². The molecule has 1 saturated heterocycles. The normalized spacial score (nSPS) is 22.1. The first-order valence-electron chi connectivity index (χ1n) is 8.42. The quantitative estimate of drug-likeness (QED) is 0.617. The Balaban J connectivity index is 1.57. The van der Waals surface area contributed by atoms with Gasteiger partial charge in [-0.15, -0.1) is 0 Å². The van der Waals surface area contributed by atoms with Gasteiger partial charge in [-0.3, -0.25) is 0 Å². The lowest BCUT2D eigenvalue weighted by molar-refractivity contribution is -0.186. The Labute approximate surface area is 166 Å². The molecule has 27 heavy (non-hydrogen) atoms. The second-order valence-electron chi connectivity index (χ2n) is 6.29. The van der Waals surface area contributed by atoms with E-state index in [0.29, 0.717) is 34.7 Å². The first kappa shape index (κ1) is 18.3. The largest absolute Gasteiger partial charge is 0.456 e. The fourth-order valence-corrected chi connectivity index (χ4v) is 3.41. The van der Waals surface area contributed by atoms with Gasteiger partial charge in [0.05, 0.1) is 17.7 Å².